The predicted molar refractivity (Wildman–Crippen MR) is 98.7 cm³/mol. The zero-order chi connectivity index (χ0) is 18.6. The van der Waals surface area contributed by atoms with Gasteiger partial charge < -0.3 is 15.4 Å². The summed E-state index contributed by atoms with van der Waals surface area (Å²) in [4.78, 5) is 26.4. The molecule has 2 rings (SSSR count). The molecule has 0 aliphatic carbocycles. The summed E-state index contributed by atoms with van der Waals surface area (Å²) in [6.07, 6.45) is 0.125. The van der Waals surface area contributed by atoms with Crippen LogP contribution in [-0.4, -0.2) is 55.1 Å². The van der Waals surface area contributed by atoms with Gasteiger partial charge >= 0.3 is 0 Å². The van der Waals surface area contributed by atoms with E-state index in [0.29, 0.717) is 6.61 Å². The molecule has 2 atom stereocenters. The number of aryl methyl sites for hydroxylation is 3. The van der Waals surface area contributed by atoms with Gasteiger partial charge in [-0.2, -0.15) is 0 Å². The SMILES string of the molecule is Cc1cc(C)c(NC(=O)CNC(=O)CN2CC(C)OCC2C)c(C)c1. The van der Waals surface area contributed by atoms with Crippen molar-refractivity contribution in [2.75, 3.05) is 31.6 Å². The van der Waals surface area contributed by atoms with Gasteiger partial charge in [0.05, 0.1) is 25.8 Å². The molecule has 0 aromatic heterocycles. The van der Waals surface area contributed by atoms with Gasteiger partial charge in [-0.3, -0.25) is 14.5 Å². The van der Waals surface area contributed by atoms with Gasteiger partial charge in [-0.15, -0.1) is 0 Å². The summed E-state index contributed by atoms with van der Waals surface area (Å²) in [6.45, 7) is 11.6. The van der Waals surface area contributed by atoms with E-state index in [9.17, 15) is 9.59 Å². The van der Waals surface area contributed by atoms with Crippen LogP contribution in [0.4, 0.5) is 5.69 Å². The third kappa shape index (κ3) is 5.54. The lowest BCUT2D eigenvalue weighted by Crippen LogP contribution is -2.51. The van der Waals surface area contributed by atoms with E-state index in [1.807, 2.05) is 46.8 Å². The number of nitrogens with zero attached hydrogens (tertiary/aromatic N) is 1. The van der Waals surface area contributed by atoms with E-state index in [1.54, 1.807) is 0 Å². The Bertz CT molecular complexity index is 622. The van der Waals surface area contributed by atoms with Crippen molar-refractivity contribution in [3.63, 3.8) is 0 Å². The minimum Gasteiger partial charge on any atom is -0.376 e. The highest BCUT2D eigenvalue weighted by molar-refractivity contribution is 5.96. The van der Waals surface area contributed by atoms with Crippen molar-refractivity contribution in [3.8, 4) is 0 Å². The molecule has 1 heterocycles. The monoisotopic (exact) mass is 347 g/mol. The van der Waals surface area contributed by atoms with Crippen molar-refractivity contribution >= 4 is 17.5 Å². The van der Waals surface area contributed by atoms with Crippen LogP contribution in [0.3, 0.4) is 0 Å². The number of hydrogen-bond donors (Lipinski definition) is 2. The first-order valence-electron chi connectivity index (χ1n) is 8.76. The molecule has 0 bridgehead atoms. The zero-order valence-corrected chi connectivity index (χ0v) is 15.8. The molecule has 138 valence electrons. The molecule has 1 aromatic carbocycles. The first kappa shape index (κ1) is 19.4. The average molecular weight is 347 g/mol. The van der Waals surface area contributed by atoms with Crippen LogP contribution in [0, 0.1) is 20.8 Å². The van der Waals surface area contributed by atoms with Crippen LogP contribution in [0.1, 0.15) is 30.5 Å². The summed E-state index contributed by atoms with van der Waals surface area (Å²) >= 11 is 0. The lowest BCUT2D eigenvalue weighted by molar-refractivity contribution is -0.128. The molecule has 0 radical (unpaired) electrons. The van der Waals surface area contributed by atoms with E-state index < -0.39 is 0 Å². The molecular formula is C19H29N3O3. The molecule has 6 heteroatoms. The zero-order valence-electron chi connectivity index (χ0n) is 15.8. The highest BCUT2D eigenvalue weighted by Crippen LogP contribution is 2.21. The van der Waals surface area contributed by atoms with Crippen molar-refractivity contribution in [3.05, 3.63) is 28.8 Å². The second-order valence-corrected chi connectivity index (χ2v) is 7.02. The first-order valence-corrected chi connectivity index (χ1v) is 8.76. The van der Waals surface area contributed by atoms with E-state index in [-0.39, 0.29) is 37.0 Å². The summed E-state index contributed by atoms with van der Waals surface area (Å²) in [6, 6.07) is 4.26. The predicted octanol–water partition coefficient (Wildman–Crippen LogP) is 1.78. The van der Waals surface area contributed by atoms with E-state index >= 15 is 0 Å². The summed E-state index contributed by atoms with van der Waals surface area (Å²) in [5.74, 6) is -0.361. The molecule has 2 N–H and O–H groups in total. The molecule has 2 unspecified atom stereocenters. The second-order valence-electron chi connectivity index (χ2n) is 7.02. The minimum absolute atomic E-state index is 0.0279. The quantitative estimate of drug-likeness (QED) is 0.852. The summed E-state index contributed by atoms with van der Waals surface area (Å²) in [5.41, 5.74) is 4.03. The van der Waals surface area contributed by atoms with Gasteiger partial charge in [0.25, 0.3) is 0 Å². The molecule has 1 fully saturated rings. The van der Waals surface area contributed by atoms with Gasteiger partial charge in [0.2, 0.25) is 11.8 Å². The van der Waals surface area contributed by atoms with Gasteiger partial charge in [-0.05, 0) is 45.7 Å². The summed E-state index contributed by atoms with van der Waals surface area (Å²) in [5, 5.41) is 5.60. The Balaban J connectivity index is 1.82. The molecular weight excluding hydrogens is 318 g/mol. The molecule has 1 aromatic rings. The minimum atomic E-state index is -0.216. The van der Waals surface area contributed by atoms with Crippen LogP contribution < -0.4 is 10.6 Å². The molecule has 1 saturated heterocycles. The maximum Gasteiger partial charge on any atom is 0.243 e. The maximum atomic E-state index is 12.2. The molecule has 0 spiro atoms. The Labute approximate surface area is 149 Å². The van der Waals surface area contributed by atoms with E-state index in [4.69, 9.17) is 4.74 Å². The lowest BCUT2D eigenvalue weighted by Gasteiger charge is -2.36. The van der Waals surface area contributed by atoms with Gasteiger partial charge in [-0.1, -0.05) is 17.7 Å². The number of hydrogen-bond acceptors (Lipinski definition) is 4. The van der Waals surface area contributed by atoms with Gasteiger partial charge in [0.1, 0.15) is 0 Å². The van der Waals surface area contributed by atoms with Crippen LogP contribution in [-0.2, 0) is 14.3 Å². The molecule has 1 aliphatic heterocycles. The van der Waals surface area contributed by atoms with Crippen LogP contribution in [0.15, 0.2) is 12.1 Å². The third-order valence-electron chi connectivity index (χ3n) is 4.47. The fourth-order valence-corrected chi connectivity index (χ4v) is 3.17. The van der Waals surface area contributed by atoms with Gasteiger partial charge in [-0.25, -0.2) is 0 Å². The molecule has 1 aliphatic rings. The van der Waals surface area contributed by atoms with Crippen molar-refractivity contribution in [1.82, 2.24) is 10.2 Å². The standard InChI is InChI=1S/C19H29N3O3/c1-12-6-13(2)19(14(3)7-12)21-17(23)8-20-18(24)10-22-9-16(5)25-11-15(22)4/h6-7,15-16H,8-11H2,1-5H3,(H,20,24)(H,21,23). The number of rotatable bonds is 5. The normalized spacial score (nSPS) is 21.0. The number of benzene rings is 1. The van der Waals surface area contributed by atoms with Crippen molar-refractivity contribution in [2.24, 2.45) is 0 Å². The number of amides is 2. The fourth-order valence-electron chi connectivity index (χ4n) is 3.17. The molecule has 2 amide bonds. The number of nitrogens with one attached hydrogen (secondary N) is 2. The van der Waals surface area contributed by atoms with Crippen molar-refractivity contribution in [2.45, 2.75) is 46.8 Å². The maximum absolute atomic E-state index is 12.2. The average Bonchev–Trinajstić information content (AvgIpc) is 2.52. The summed E-state index contributed by atoms with van der Waals surface area (Å²) < 4.78 is 5.56. The Morgan fingerprint density at radius 2 is 1.80 bits per heavy atom. The second kappa shape index (κ2) is 8.45. The van der Waals surface area contributed by atoms with Crippen molar-refractivity contribution in [1.29, 1.82) is 0 Å². The van der Waals surface area contributed by atoms with E-state index in [0.717, 1.165) is 28.9 Å². The Kier molecular flexibility index (Phi) is 6.56. The molecule has 6 nitrogen and oxygen atoms in total. The van der Waals surface area contributed by atoms with Gasteiger partial charge in [0.15, 0.2) is 0 Å². The lowest BCUT2D eigenvalue weighted by atomic mass is 10.1. The largest absolute Gasteiger partial charge is 0.376 e. The number of ether oxygens (including phenoxy) is 1. The Hall–Kier alpha value is -1.92. The fraction of sp³-hybridized carbons (Fsp3) is 0.579. The van der Waals surface area contributed by atoms with E-state index in [2.05, 4.69) is 15.5 Å². The highest BCUT2D eigenvalue weighted by atomic mass is 16.5. The topological polar surface area (TPSA) is 70.7 Å². The number of morpholine rings is 1. The van der Waals surface area contributed by atoms with Crippen LogP contribution in [0.2, 0.25) is 0 Å². The third-order valence-corrected chi connectivity index (χ3v) is 4.47. The Morgan fingerprint density at radius 1 is 1.16 bits per heavy atom. The van der Waals surface area contributed by atoms with E-state index in [1.165, 1.54) is 0 Å². The number of carbonyl (C=O) groups excluding carboxylic acids is 2. The Morgan fingerprint density at radius 3 is 2.44 bits per heavy atom. The molecule has 0 saturated carbocycles. The number of anilines is 1. The number of carbonyl (C=O) groups is 2. The smallest absolute Gasteiger partial charge is 0.243 e. The first-order chi connectivity index (χ1) is 11.8. The van der Waals surface area contributed by atoms with Crippen LogP contribution in [0.25, 0.3) is 0 Å². The van der Waals surface area contributed by atoms with Crippen LogP contribution in [0.5, 0.6) is 0 Å². The molecule has 25 heavy (non-hydrogen) atoms. The van der Waals surface area contributed by atoms with Crippen molar-refractivity contribution < 1.29 is 14.3 Å². The summed E-state index contributed by atoms with van der Waals surface area (Å²) in [7, 11) is 0. The van der Waals surface area contributed by atoms with Gasteiger partial charge in [0, 0.05) is 18.3 Å². The highest BCUT2D eigenvalue weighted by Gasteiger charge is 2.25. The van der Waals surface area contributed by atoms with Crippen LogP contribution >= 0.6 is 0 Å².